The molecule has 27 heavy (non-hydrogen) atoms. The highest BCUT2D eigenvalue weighted by Crippen LogP contribution is 2.22. The van der Waals surface area contributed by atoms with E-state index in [-0.39, 0.29) is 29.0 Å². The molecular formula is C19H23ClN2O4S. The lowest BCUT2D eigenvalue weighted by atomic mass is 9.90. The topological polar surface area (TPSA) is 98.5 Å². The van der Waals surface area contributed by atoms with Gasteiger partial charge >= 0.3 is 0 Å². The predicted octanol–water partition coefficient (Wildman–Crippen LogP) is 2.53. The lowest BCUT2D eigenvalue weighted by Gasteiger charge is -2.31. The third-order valence-electron chi connectivity index (χ3n) is 4.48. The molecule has 0 saturated carbocycles. The van der Waals surface area contributed by atoms with Gasteiger partial charge in [-0.2, -0.15) is 0 Å². The van der Waals surface area contributed by atoms with Crippen molar-refractivity contribution in [3.63, 3.8) is 0 Å². The van der Waals surface area contributed by atoms with E-state index in [1.807, 2.05) is 0 Å². The second-order valence-corrected chi connectivity index (χ2v) is 8.48. The van der Waals surface area contributed by atoms with Crippen molar-refractivity contribution in [3.05, 3.63) is 60.2 Å². The lowest BCUT2D eigenvalue weighted by molar-refractivity contribution is -0.124. The van der Waals surface area contributed by atoms with E-state index < -0.39 is 15.4 Å². The van der Waals surface area contributed by atoms with Gasteiger partial charge in [-0.15, -0.1) is 12.4 Å². The highest BCUT2D eigenvalue weighted by molar-refractivity contribution is 7.90. The fourth-order valence-corrected chi connectivity index (χ4v) is 4.24. The predicted molar refractivity (Wildman–Crippen MR) is 107 cm³/mol. The van der Waals surface area contributed by atoms with Gasteiger partial charge in [-0.1, -0.05) is 30.3 Å². The molecule has 8 heteroatoms. The Kier molecular flexibility index (Phi) is 7.00. The number of nitrogens with one attached hydrogen (secondary N) is 1. The molecule has 146 valence electrons. The van der Waals surface area contributed by atoms with E-state index in [4.69, 9.17) is 10.5 Å². The maximum atomic E-state index is 12.5. The summed E-state index contributed by atoms with van der Waals surface area (Å²) in [5.41, 5.74) is 6.36. The molecule has 0 spiro atoms. The van der Waals surface area contributed by atoms with Crippen molar-refractivity contribution in [2.45, 2.75) is 29.0 Å². The van der Waals surface area contributed by atoms with E-state index in [1.165, 1.54) is 0 Å². The van der Waals surface area contributed by atoms with Crippen LogP contribution in [0.3, 0.4) is 0 Å². The summed E-state index contributed by atoms with van der Waals surface area (Å²) in [6, 6.07) is 15.1. The Bertz CT molecular complexity index is 882. The molecule has 2 aromatic rings. The molecule has 1 aliphatic rings. The Balaban J connectivity index is 0.00000261. The zero-order valence-corrected chi connectivity index (χ0v) is 16.4. The normalized spacial score (nSPS) is 16.2. The van der Waals surface area contributed by atoms with Crippen LogP contribution in [0.25, 0.3) is 0 Å². The van der Waals surface area contributed by atoms with Crippen molar-refractivity contribution in [2.24, 2.45) is 5.73 Å². The van der Waals surface area contributed by atoms with E-state index in [0.717, 1.165) is 0 Å². The van der Waals surface area contributed by atoms with Crippen LogP contribution in [0, 0.1) is 0 Å². The minimum absolute atomic E-state index is 0. The standard InChI is InChI=1S/C19H22N2O4S.ClH/c20-19(9-11-25-12-10-19)18(22)21-16-6-4-5-15(13-16)14-26(23,24)17-7-2-1-3-8-17;/h1-8,13H,9-12,14,20H2,(H,21,22);1H. The number of nitrogens with two attached hydrogens (primary N) is 1. The Hall–Kier alpha value is -1.93. The van der Waals surface area contributed by atoms with Gasteiger partial charge in [0.15, 0.2) is 9.84 Å². The highest BCUT2D eigenvalue weighted by atomic mass is 35.5. The van der Waals surface area contributed by atoms with Crippen LogP contribution in [0.5, 0.6) is 0 Å². The van der Waals surface area contributed by atoms with Gasteiger partial charge in [-0.25, -0.2) is 8.42 Å². The van der Waals surface area contributed by atoms with Crippen LogP contribution < -0.4 is 11.1 Å². The minimum Gasteiger partial charge on any atom is -0.381 e. The molecule has 0 aliphatic carbocycles. The fourth-order valence-electron chi connectivity index (χ4n) is 2.89. The summed E-state index contributed by atoms with van der Waals surface area (Å²) >= 11 is 0. The van der Waals surface area contributed by atoms with Crippen molar-refractivity contribution in [2.75, 3.05) is 18.5 Å². The second kappa shape index (κ2) is 8.84. The average Bonchev–Trinajstić information content (AvgIpc) is 2.63. The van der Waals surface area contributed by atoms with Crippen LogP contribution in [0.15, 0.2) is 59.5 Å². The first-order chi connectivity index (χ1) is 12.4. The molecule has 0 unspecified atom stereocenters. The largest absolute Gasteiger partial charge is 0.381 e. The van der Waals surface area contributed by atoms with Crippen LogP contribution >= 0.6 is 12.4 Å². The van der Waals surface area contributed by atoms with Crippen molar-refractivity contribution >= 4 is 33.8 Å². The summed E-state index contributed by atoms with van der Waals surface area (Å²) in [4.78, 5) is 12.8. The molecule has 0 bridgehead atoms. The lowest BCUT2D eigenvalue weighted by Crippen LogP contribution is -2.54. The Morgan fingerprint density at radius 2 is 1.74 bits per heavy atom. The molecule has 1 aliphatic heterocycles. The zero-order valence-electron chi connectivity index (χ0n) is 14.8. The van der Waals surface area contributed by atoms with E-state index in [1.54, 1.807) is 54.6 Å². The summed E-state index contributed by atoms with van der Waals surface area (Å²) in [5.74, 6) is -0.411. The van der Waals surface area contributed by atoms with Crippen molar-refractivity contribution in [3.8, 4) is 0 Å². The van der Waals surface area contributed by atoms with Gasteiger partial charge in [0.25, 0.3) is 0 Å². The quantitative estimate of drug-likeness (QED) is 0.789. The van der Waals surface area contributed by atoms with Gasteiger partial charge in [0.2, 0.25) is 5.91 Å². The Morgan fingerprint density at radius 1 is 1.07 bits per heavy atom. The third kappa shape index (κ3) is 5.29. The molecule has 1 heterocycles. The first-order valence-electron chi connectivity index (χ1n) is 8.44. The molecule has 0 radical (unpaired) electrons. The summed E-state index contributed by atoms with van der Waals surface area (Å²) in [5, 5.41) is 2.80. The number of hydrogen-bond donors (Lipinski definition) is 2. The van der Waals surface area contributed by atoms with E-state index in [2.05, 4.69) is 5.32 Å². The molecule has 1 fully saturated rings. The third-order valence-corrected chi connectivity index (χ3v) is 6.18. The Morgan fingerprint density at radius 3 is 2.41 bits per heavy atom. The van der Waals surface area contributed by atoms with Gasteiger partial charge < -0.3 is 15.8 Å². The molecule has 3 rings (SSSR count). The van der Waals surface area contributed by atoms with Crippen LogP contribution in [-0.4, -0.2) is 33.1 Å². The monoisotopic (exact) mass is 410 g/mol. The fraction of sp³-hybridized carbons (Fsp3) is 0.316. The molecule has 0 atom stereocenters. The number of ether oxygens (including phenoxy) is 1. The maximum absolute atomic E-state index is 12.5. The number of benzene rings is 2. The Labute approximate surface area is 165 Å². The summed E-state index contributed by atoms with van der Waals surface area (Å²) < 4.78 is 30.3. The first-order valence-corrected chi connectivity index (χ1v) is 10.1. The van der Waals surface area contributed by atoms with Crippen LogP contribution in [0.4, 0.5) is 5.69 Å². The van der Waals surface area contributed by atoms with Crippen LogP contribution in [0.2, 0.25) is 0 Å². The molecule has 0 aromatic heterocycles. The maximum Gasteiger partial charge on any atom is 0.244 e. The SMILES string of the molecule is Cl.NC1(C(=O)Nc2cccc(CS(=O)(=O)c3ccccc3)c2)CCOCC1. The van der Waals surface area contributed by atoms with Gasteiger partial charge in [-0.05, 0) is 42.7 Å². The molecular weight excluding hydrogens is 388 g/mol. The second-order valence-electron chi connectivity index (χ2n) is 6.50. The number of amides is 1. The highest BCUT2D eigenvalue weighted by Gasteiger charge is 2.35. The molecule has 1 saturated heterocycles. The summed E-state index contributed by atoms with van der Waals surface area (Å²) in [6.45, 7) is 0.915. The van der Waals surface area contributed by atoms with Gasteiger partial charge in [0, 0.05) is 18.9 Å². The number of rotatable bonds is 5. The zero-order chi connectivity index (χ0) is 18.6. The van der Waals surface area contributed by atoms with Crippen LogP contribution in [0.1, 0.15) is 18.4 Å². The first kappa shape index (κ1) is 21.4. The summed E-state index contributed by atoms with van der Waals surface area (Å²) in [6.07, 6.45) is 0.918. The minimum atomic E-state index is -3.45. The van der Waals surface area contributed by atoms with Gasteiger partial charge in [-0.3, -0.25) is 4.79 Å². The number of sulfone groups is 1. The van der Waals surface area contributed by atoms with Crippen molar-refractivity contribution in [1.29, 1.82) is 0 Å². The van der Waals surface area contributed by atoms with E-state index in [0.29, 0.717) is 37.3 Å². The molecule has 2 aromatic carbocycles. The molecule has 3 N–H and O–H groups in total. The number of halogens is 1. The van der Waals surface area contributed by atoms with Gasteiger partial charge in [0.05, 0.1) is 10.6 Å². The van der Waals surface area contributed by atoms with E-state index in [9.17, 15) is 13.2 Å². The van der Waals surface area contributed by atoms with E-state index >= 15 is 0 Å². The number of hydrogen-bond acceptors (Lipinski definition) is 5. The summed E-state index contributed by atoms with van der Waals surface area (Å²) in [7, 11) is -3.45. The molecule has 1 amide bonds. The van der Waals surface area contributed by atoms with Crippen molar-refractivity contribution in [1.82, 2.24) is 0 Å². The molecule has 6 nitrogen and oxygen atoms in total. The van der Waals surface area contributed by atoms with Crippen LogP contribution in [-0.2, 0) is 25.1 Å². The number of anilines is 1. The number of carbonyl (C=O) groups excluding carboxylic acids is 1. The number of carbonyl (C=O) groups is 1. The average molecular weight is 411 g/mol. The van der Waals surface area contributed by atoms with Crippen molar-refractivity contribution < 1.29 is 17.9 Å². The van der Waals surface area contributed by atoms with Gasteiger partial charge in [0.1, 0.15) is 5.54 Å². The smallest absolute Gasteiger partial charge is 0.244 e.